The molecule has 0 radical (unpaired) electrons. The average molecular weight is 317 g/mol. The molecule has 1 fully saturated rings. The standard InChI is InChI=1S/C18H14F3NO/c19-18(20,21)11-7-8-12-13-4-1-2-5-15(13)22-17(14(12)10-11)16-6-3-9-23-16/h1-2,4-5,7-8,10,16H,3,6,9H2. The third-order valence-electron chi connectivity index (χ3n) is 4.29. The predicted molar refractivity (Wildman–Crippen MR) is 82.2 cm³/mol. The van der Waals surface area contributed by atoms with E-state index in [4.69, 9.17) is 4.74 Å². The maximum absolute atomic E-state index is 13.1. The molecular weight excluding hydrogens is 303 g/mol. The van der Waals surface area contributed by atoms with Crippen molar-refractivity contribution in [3.8, 4) is 0 Å². The molecule has 1 unspecified atom stereocenters. The number of alkyl halides is 3. The topological polar surface area (TPSA) is 22.1 Å². The number of ether oxygens (including phenoxy) is 1. The second kappa shape index (κ2) is 5.20. The molecule has 0 saturated carbocycles. The number of para-hydroxylation sites is 1. The molecule has 2 heterocycles. The lowest BCUT2D eigenvalue weighted by Gasteiger charge is -2.16. The minimum Gasteiger partial charge on any atom is -0.372 e. The molecular formula is C18H14F3NO. The van der Waals surface area contributed by atoms with Gasteiger partial charge in [0.15, 0.2) is 0 Å². The summed E-state index contributed by atoms with van der Waals surface area (Å²) >= 11 is 0. The summed E-state index contributed by atoms with van der Waals surface area (Å²) < 4.78 is 44.9. The van der Waals surface area contributed by atoms with Crippen molar-refractivity contribution in [1.82, 2.24) is 4.98 Å². The van der Waals surface area contributed by atoms with Crippen LogP contribution >= 0.6 is 0 Å². The van der Waals surface area contributed by atoms with E-state index in [-0.39, 0.29) is 6.10 Å². The zero-order chi connectivity index (χ0) is 16.0. The van der Waals surface area contributed by atoms with Crippen molar-refractivity contribution in [2.45, 2.75) is 25.1 Å². The van der Waals surface area contributed by atoms with Gasteiger partial charge in [-0.1, -0.05) is 24.3 Å². The maximum Gasteiger partial charge on any atom is 0.416 e. The van der Waals surface area contributed by atoms with Gasteiger partial charge in [-0.2, -0.15) is 13.2 Å². The largest absolute Gasteiger partial charge is 0.416 e. The van der Waals surface area contributed by atoms with Gasteiger partial charge in [-0.3, -0.25) is 0 Å². The summed E-state index contributed by atoms with van der Waals surface area (Å²) in [5, 5.41) is 2.18. The molecule has 4 rings (SSSR count). The Morgan fingerprint density at radius 1 is 1.00 bits per heavy atom. The Labute approximate surface area is 130 Å². The normalized spacial score (nSPS) is 18.8. The van der Waals surface area contributed by atoms with Gasteiger partial charge in [-0.15, -0.1) is 0 Å². The molecule has 1 aliphatic heterocycles. The average Bonchev–Trinajstić information content (AvgIpc) is 3.07. The Morgan fingerprint density at radius 3 is 2.57 bits per heavy atom. The van der Waals surface area contributed by atoms with Gasteiger partial charge >= 0.3 is 6.18 Å². The molecule has 0 spiro atoms. The molecule has 23 heavy (non-hydrogen) atoms. The summed E-state index contributed by atoms with van der Waals surface area (Å²) in [5.41, 5.74) is 0.744. The molecule has 0 amide bonds. The second-order valence-electron chi connectivity index (χ2n) is 5.77. The van der Waals surface area contributed by atoms with Crippen LogP contribution in [0, 0.1) is 0 Å². The molecule has 0 N–H and O–H groups in total. The van der Waals surface area contributed by atoms with E-state index >= 15 is 0 Å². The van der Waals surface area contributed by atoms with Crippen molar-refractivity contribution in [1.29, 1.82) is 0 Å². The van der Waals surface area contributed by atoms with E-state index in [0.29, 0.717) is 17.7 Å². The smallest absolute Gasteiger partial charge is 0.372 e. The number of nitrogens with zero attached hydrogens (tertiary/aromatic N) is 1. The van der Waals surface area contributed by atoms with Gasteiger partial charge in [0.1, 0.15) is 6.10 Å². The van der Waals surface area contributed by atoms with Crippen LogP contribution in [0.2, 0.25) is 0 Å². The monoisotopic (exact) mass is 317 g/mol. The van der Waals surface area contributed by atoms with Gasteiger partial charge in [0.25, 0.3) is 0 Å². The SMILES string of the molecule is FC(F)(F)c1ccc2c(c1)c(C1CCCO1)nc1ccccc12. The van der Waals surface area contributed by atoms with Crippen LogP contribution in [-0.4, -0.2) is 11.6 Å². The highest BCUT2D eigenvalue weighted by atomic mass is 19.4. The molecule has 0 aliphatic carbocycles. The molecule has 1 saturated heterocycles. The Balaban J connectivity index is 2.06. The Morgan fingerprint density at radius 2 is 1.83 bits per heavy atom. The molecule has 1 atom stereocenters. The first kappa shape index (κ1) is 14.5. The number of benzene rings is 2. The van der Waals surface area contributed by atoms with E-state index in [1.807, 2.05) is 24.3 Å². The molecule has 1 aromatic heterocycles. The van der Waals surface area contributed by atoms with Crippen molar-refractivity contribution < 1.29 is 17.9 Å². The van der Waals surface area contributed by atoms with Gasteiger partial charge in [0.2, 0.25) is 0 Å². The van der Waals surface area contributed by atoms with E-state index in [1.54, 1.807) is 6.07 Å². The summed E-state index contributed by atoms with van der Waals surface area (Å²) in [6.45, 7) is 0.625. The molecule has 2 aromatic carbocycles. The van der Waals surface area contributed by atoms with Crippen LogP contribution in [0.25, 0.3) is 21.7 Å². The summed E-state index contributed by atoms with van der Waals surface area (Å²) in [4.78, 5) is 4.62. The van der Waals surface area contributed by atoms with E-state index in [0.717, 1.165) is 35.2 Å². The van der Waals surface area contributed by atoms with Crippen molar-refractivity contribution >= 4 is 21.7 Å². The fraction of sp³-hybridized carbons (Fsp3) is 0.278. The lowest BCUT2D eigenvalue weighted by atomic mass is 9.98. The molecule has 2 nitrogen and oxygen atoms in total. The minimum absolute atomic E-state index is 0.231. The third kappa shape index (κ3) is 2.45. The van der Waals surface area contributed by atoms with E-state index in [2.05, 4.69) is 4.98 Å². The second-order valence-corrected chi connectivity index (χ2v) is 5.77. The zero-order valence-corrected chi connectivity index (χ0v) is 12.2. The number of hydrogen-bond acceptors (Lipinski definition) is 2. The molecule has 0 bridgehead atoms. The molecule has 5 heteroatoms. The van der Waals surface area contributed by atoms with E-state index < -0.39 is 11.7 Å². The van der Waals surface area contributed by atoms with Crippen LogP contribution in [0.15, 0.2) is 42.5 Å². The summed E-state index contributed by atoms with van der Waals surface area (Å²) in [7, 11) is 0. The van der Waals surface area contributed by atoms with E-state index in [9.17, 15) is 13.2 Å². The van der Waals surface area contributed by atoms with Crippen LogP contribution in [0.3, 0.4) is 0 Å². The highest BCUT2D eigenvalue weighted by Crippen LogP contribution is 2.38. The quantitative estimate of drug-likeness (QED) is 0.571. The van der Waals surface area contributed by atoms with Gasteiger partial charge in [-0.25, -0.2) is 4.98 Å². The molecule has 1 aliphatic rings. The van der Waals surface area contributed by atoms with Gasteiger partial charge in [0, 0.05) is 17.4 Å². The molecule has 3 aromatic rings. The number of hydrogen-bond donors (Lipinski definition) is 0. The number of halogens is 3. The number of pyridine rings is 1. The van der Waals surface area contributed by atoms with Crippen molar-refractivity contribution in [3.05, 3.63) is 53.7 Å². The van der Waals surface area contributed by atoms with Crippen LogP contribution in [-0.2, 0) is 10.9 Å². The minimum atomic E-state index is -4.37. The van der Waals surface area contributed by atoms with E-state index in [1.165, 1.54) is 6.07 Å². The Bertz CT molecular complexity index is 882. The van der Waals surface area contributed by atoms with Crippen LogP contribution < -0.4 is 0 Å². The fourth-order valence-electron chi connectivity index (χ4n) is 3.19. The van der Waals surface area contributed by atoms with Crippen LogP contribution in [0.5, 0.6) is 0 Å². The van der Waals surface area contributed by atoms with Crippen molar-refractivity contribution in [3.63, 3.8) is 0 Å². The first-order valence-corrected chi connectivity index (χ1v) is 7.55. The molecule has 118 valence electrons. The highest BCUT2D eigenvalue weighted by Gasteiger charge is 2.31. The summed E-state index contributed by atoms with van der Waals surface area (Å²) in [6.07, 6.45) is -2.91. The maximum atomic E-state index is 13.1. The Kier molecular flexibility index (Phi) is 3.27. The first-order chi connectivity index (χ1) is 11.0. The lowest BCUT2D eigenvalue weighted by Crippen LogP contribution is -2.06. The van der Waals surface area contributed by atoms with Crippen LogP contribution in [0.4, 0.5) is 13.2 Å². The summed E-state index contributed by atoms with van der Waals surface area (Å²) in [6, 6.07) is 11.4. The lowest BCUT2D eigenvalue weighted by molar-refractivity contribution is -0.137. The van der Waals surface area contributed by atoms with Gasteiger partial charge in [-0.05, 0) is 36.4 Å². The number of rotatable bonds is 1. The highest BCUT2D eigenvalue weighted by molar-refractivity contribution is 6.06. The van der Waals surface area contributed by atoms with Crippen molar-refractivity contribution in [2.24, 2.45) is 0 Å². The predicted octanol–water partition coefficient (Wildman–Crippen LogP) is 5.26. The number of aromatic nitrogens is 1. The first-order valence-electron chi connectivity index (χ1n) is 7.55. The number of fused-ring (bicyclic) bond motifs is 3. The Hall–Kier alpha value is -2.14. The van der Waals surface area contributed by atoms with Gasteiger partial charge < -0.3 is 4.74 Å². The zero-order valence-electron chi connectivity index (χ0n) is 12.2. The van der Waals surface area contributed by atoms with Crippen LogP contribution in [0.1, 0.15) is 30.2 Å². The van der Waals surface area contributed by atoms with Crippen molar-refractivity contribution in [2.75, 3.05) is 6.61 Å². The summed E-state index contributed by atoms with van der Waals surface area (Å²) in [5.74, 6) is 0. The third-order valence-corrected chi connectivity index (χ3v) is 4.29. The fourth-order valence-corrected chi connectivity index (χ4v) is 3.19. The van der Waals surface area contributed by atoms with Gasteiger partial charge in [0.05, 0.1) is 16.8 Å².